The maximum absolute atomic E-state index is 11.8. The molecule has 20 heavy (non-hydrogen) atoms. The Labute approximate surface area is 117 Å². The number of sulfonamides is 1. The molecule has 1 rings (SSSR count). The van der Waals surface area contributed by atoms with E-state index in [0.717, 1.165) is 0 Å². The van der Waals surface area contributed by atoms with Crippen LogP contribution in [0.25, 0.3) is 0 Å². The van der Waals surface area contributed by atoms with E-state index in [9.17, 15) is 18.0 Å². The lowest BCUT2D eigenvalue weighted by Gasteiger charge is -2.07. The summed E-state index contributed by atoms with van der Waals surface area (Å²) in [6.45, 7) is 1.12. The van der Waals surface area contributed by atoms with Gasteiger partial charge < -0.3 is 10.1 Å². The Bertz CT molecular complexity index is 556. The Balaban J connectivity index is 2.43. The van der Waals surface area contributed by atoms with Crippen LogP contribution in [0.3, 0.4) is 0 Å². The monoisotopic (exact) mass is 300 g/mol. The summed E-state index contributed by atoms with van der Waals surface area (Å²) in [5, 5.41) is 2.25. The molecule has 0 aliphatic heterocycles. The lowest BCUT2D eigenvalue weighted by Crippen LogP contribution is -2.39. The van der Waals surface area contributed by atoms with Crippen LogP contribution in [0.5, 0.6) is 0 Å². The number of rotatable bonds is 7. The normalized spacial score (nSPS) is 10.8. The number of nitrogens with one attached hydrogen (secondary N) is 2. The Kier molecular flexibility index (Phi) is 6.13. The average molecular weight is 300 g/mol. The zero-order valence-corrected chi connectivity index (χ0v) is 11.8. The third-order valence-corrected chi connectivity index (χ3v) is 3.63. The summed E-state index contributed by atoms with van der Waals surface area (Å²) in [6, 6.07) is 7.67. The molecule has 0 atom stereocenters. The molecule has 0 bridgehead atoms. The van der Waals surface area contributed by atoms with Crippen LogP contribution in [0.4, 0.5) is 0 Å². The van der Waals surface area contributed by atoms with E-state index >= 15 is 0 Å². The van der Waals surface area contributed by atoms with Crippen molar-refractivity contribution in [3.05, 3.63) is 30.3 Å². The molecule has 0 radical (unpaired) electrons. The summed E-state index contributed by atoms with van der Waals surface area (Å²) >= 11 is 0. The minimum atomic E-state index is -3.73. The van der Waals surface area contributed by atoms with E-state index in [1.54, 1.807) is 25.1 Å². The number of hydrogen-bond acceptors (Lipinski definition) is 5. The molecular weight excluding hydrogens is 284 g/mol. The van der Waals surface area contributed by atoms with E-state index in [1.807, 2.05) is 0 Å². The Morgan fingerprint density at radius 1 is 1.15 bits per heavy atom. The molecule has 2 N–H and O–H groups in total. The van der Waals surface area contributed by atoms with E-state index in [0.29, 0.717) is 0 Å². The van der Waals surface area contributed by atoms with Gasteiger partial charge in [0.05, 0.1) is 18.0 Å². The maximum atomic E-state index is 11.8. The number of carbonyl (C=O) groups excluding carboxylic acids is 2. The van der Waals surface area contributed by atoms with Gasteiger partial charge in [0.2, 0.25) is 15.9 Å². The molecule has 0 aliphatic carbocycles. The molecular formula is C12H16N2O5S. The van der Waals surface area contributed by atoms with Crippen molar-refractivity contribution in [2.24, 2.45) is 0 Å². The Morgan fingerprint density at radius 2 is 1.80 bits per heavy atom. The van der Waals surface area contributed by atoms with E-state index in [-0.39, 0.29) is 18.0 Å². The second-order valence-corrected chi connectivity index (χ2v) is 5.49. The van der Waals surface area contributed by atoms with Gasteiger partial charge in [-0.3, -0.25) is 9.59 Å². The summed E-state index contributed by atoms with van der Waals surface area (Å²) in [4.78, 5) is 22.4. The van der Waals surface area contributed by atoms with Crippen LogP contribution in [0.1, 0.15) is 6.92 Å². The van der Waals surface area contributed by atoms with Crippen LogP contribution in [0.15, 0.2) is 35.2 Å². The van der Waals surface area contributed by atoms with Crippen molar-refractivity contribution in [2.75, 3.05) is 19.7 Å². The number of esters is 1. The zero-order chi connectivity index (χ0) is 15.0. The SMILES string of the molecule is CCOC(=O)CNC(=O)CNS(=O)(=O)c1ccccc1. The third kappa shape index (κ3) is 5.37. The molecule has 1 aromatic carbocycles. The molecule has 0 saturated carbocycles. The van der Waals surface area contributed by atoms with E-state index in [1.165, 1.54) is 12.1 Å². The molecule has 0 spiro atoms. The molecule has 0 aromatic heterocycles. The van der Waals surface area contributed by atoms with Crippen LogP contribution in [0.2, 0.25) is 0 Å². The molecule has 0 fully saturated rings. The van der Waals surface area contributed by atoms with E-state index < -0.39 is 28.4 Å². The lowest BCUT2D eigenvalue weighted by atomic mass is 10.4. The van der Waals surface area contributed by atoms with Crippen molar-refractivity contribution in [2.45, 2.75) is 11.8 Å². The number of hydrogen-bond donors (Lipinski definition) is 2. The van der Waals surface area contributed by atoms with Crippen molar-refractivity contribution >= 4 is 21.9 Å². The van der Waals surface area contributed by atoms with Crippen molar-refractivity contribution in [1.82, 2.24) is 10.0 Å². The first-order chi connectivity index (χ1) is 9.45. The van der Waals surface area contributed by atoms with Crippen LogP contribution in [0, 0.1) is 0 Å². The highest BCUT2D eigenvalue weighted by Crippen LogP contribution is 2.06. The highest BCUT2D eigenvalue weighted by atomic mass is 32.2. The highest BCUT2D eigenvalue weighted by molar-refractivity contribution is 7.89. The van der Waals surface area contributed by atoms with Crippen LogP contribution < -0.4 is 10.0 Å². The maximum Gasteiger partial charge on any atom is 0.325 e. The predicted molar refractivity (Wildman–Crippen MR) is 71.3 cm³/mol. The summed E-state index contributed by atoms with van der Waals surface area (Å²) in [6.07, 6.45) is 0. The molecule has 0 aliphatic rings. The fourth-order valence-corrected chi connectivity index (χ4v) is 2.29. The second kappa shape index (κ2) is 7.61. The van der Waals surface area contributed by atoms with Gasteiger partial charge in [-0.2, -0.15) is 0 Å². The Morgan fingerprint density at radius 3 is 2.40 bits per heavy atom. The Hall–Kier alpha value is -1.93. The van der Waals surface area contributed by atoms with Gasteiger partial charge in [-0.15, -0.1) is 0 Å². The van der Waals surface area contributed by atoms with Gasteiger partial charge in [0.15, 0.2) is 0 Å². The topological polar surface area (TPSA) is 102 Å². The van der Waals surface area contributed by atoms with Crippen molar-refractivity contribution in [1.29, 1.82) is 0 Å². The summed E-state index contributed by atoms with van der Waals surface area (Å²) in [7, 11) is -3.73. The van der Waals surface area contributed by atoms with E-state index in [4.69, 9.17) is 0 Å². The minimum Gasteiger partial charge on any atom is -0.465 e. The standard InChI is InChI=1S/C12H16N2O5S/c1-2-19-12(16)9-13-11(15)8-14-20(17,18)10-6-4-3-5-7-10/h3-7,14H,2,8-9H2,1H3,(H,13,15). The van der Waals surface area contributed by atoms with Gasteiger partial charge in [-0.05, 0) is 19.1 Å². The van der Waals surface area contributed by atoms with Crippen LogP contribution in [-0.2, 0) is 24.3 Å². The lowest BCUT2D eigenvalue weighted by molar-refractivity contribution is -0.143. The molecule has 0 unspecified atom stereocenters. The largest absolute Gasteiger partial charge is 0.465 e. The minimum absolute atomic E-state index is 0.0678. The molecule has 110 valence electrons. The first-order valence-electron chi connectivity index (χ1n) is 5.92. The van der Waals surface area contributed by atoms with Crippen molar-refractivity contribution in [3.8, 4) is 0 Å². The van der Waals surface area contributed by atoms with Gasteiger partial charge in [-0.25, -0.2) is 13.1 Å². The first-order valence-corrected chi connectivity index (χ1v) is 7.41. The molecule has 0 saturated heterocycles. The molecule has 1 amide bonds. The van der Waals surface area contributed by atoms with Crippen LogP contribution >= 0.6 is 0 Å². The van der Waals surface area contributed by atoms with Crippen LogP contribution in [-0.4, -0.2) is 40.0 Å². The quantitative estimate of drug-likeness (QED) is 0.670. The molecule has 0 heterocycles. The first kappa shape index (κ1) is 16.1. The summed E-state index contributed by atoms with van der Waals surface area (Å²) in [5.41, 5.74) is 0. The smallest absolute Gasteiger partial charge is 0.325 e. The van der Waals surface area contributed by atoms with Gasteiger partial charge in [-0.1, -0.05) is 18.2 Å². The number of benzene rings is 1. The van der Waals surface area contributed by atoms with E-state index in [2.05, 4.69) is 14.8 Å². The highest BCUT2D eigenvalue weighted by Gasteiger charge is 2.15. The molecule has 1 aromatic rings. The summed E-state index contributed by atoms with van der Waals surface area (Å²) < 4.78 is 30.3. The number of amides is 1. The second-order valence-electron chi connectivity index (χ2n) is 3.72. The molecule has 8 heteroatoms. The average Bonchev–Trinajstić information content (AvgIpc) is 2.44. The van der Waals surface area contributed by atoms with Crippen molar-refractivity contribution < 1.29 is 22.7 Å². The third-order valence-electron chi connectivity index (χ3n) is 2.21. The van der Waals surface area contributed by atoms with Crippen molar-refractivity contribution in [3.63, 3.8) is 0 Å². The fourth-order valence-electron chi connectivity index (χ4n) is 1.29. The zero-order valence-electron chi connectivity index (χ0n) is 11.0. The fraction of sp³-hybridized carbons (Fsp3) is 0.333. The number of carbonyl (C=O) groups is 2. The summed E-state index contributed by atoms with van der Waals surface area (Å²) in [5.74, 6) is -1.19. The van der Waals surface area contributed by atoms with Gasteiger partial charge >= 0.3 is 5.97 Å². The molecule has 7 nitrogen and oxygen atoms in total. The number of ether oxygens (including phenoxy) is 1. The predicted octanol–water partition coefficient (Wildman–Crippen LogP) is -0.356. The van der Waals surface area contributed by atoms with Gasteiger partial charge in [0.25, 0.3) is 0 Å². The van der Waals surface area contributed by atoms with Gasteiger partial charge in [0.1, 0.15) is 6.54 Å². The van der Waals surface area contributed by atoms with Gasteiger partial charge in [0, 0.05) is 0 Å².